The minimum Gasteiger partial charge on any atom is -0.478 e. The van der Waals surface area contributed by atoms with Gasteiger partial charge >= 0.3 is 5.97 Å². The number of hydrogen-bond acceptors (Lipinski definition) is 6. The Morgan fingerprint density at radius 3 is 2.52 bits per heavy atom. The molecule has 2 aromatic carbocycles. The lowest BCUT2D eigenvalue weighted by Crippen LogP contribution is -2.46. The van der Waals surface area contributed by atoms with Crippen molar-refractivity contribution < 1.29 is 9.90 Å². The monoisotopic (exact) mass is 389 g/mol. The van der Waals surface area contributed by atoms with E-state index in [0.717, 1.165) is 38.5 Å². The normalized spacial score (nSPS) is 14.6. The Bertz CT molecular complexity index is 972. The standard InChI is InChI=1S/C22H23N5O2/c28-22(29)18-7-4-8-19(13-18)25-20-14-21(24-16-23-20)27-11-9-26(10-12-27)15-17-5-2-1-3-6-17/h1-8,13-14,16H,9-12,15H2,(H,28,29)(H,23,24,25). The van der Waals surface area contributed by atoms with Crippen molar-refractivity contribution in [3.63, 3.8) is 0 Å². The number of anilines is 3. The second-order valence-electron chi connectivity index (χ2n) is 7.02. The van der Waals surface area contributed by atoms with Crippen molar-refractivity contribution >= 4 is 23.3 Å². The molecule has 0 radical (unpaired) electrons. The molecule has 4 rings (SSSR count). The van der Waals surface area contributed by atoms with Crippen molar-refractivity contribution in [1.29, 1.82) is 0 Å². The number of carboxylic acid groups (broad SMARTS) is 1. The molecule has 1 saturated heterocycles. The molecule has 7 heteroatoms. The average molecular weight is 389 g/mol. The maximum Gasteiger partial charge on any atom is 0.335 e. The van der Waals surface area contributed by atoms with Gasteiger partial charge in [0.15, 0.2) is 0 Å². The van der Waals surface area contributed by atoms with Crippen LogP contribution in [0.1, 0.15) is 15.9 Å². The predicted octanol–water partition coefficient (Wildman–Crippen LogP) is 3.24. The summed E-state index contributed by atoms with van der Waals surface area (Å²) in [6.07, 6.45) is 1.54. The van der Waals surface area contributed by atoms with Crippen LogP contribution in [0.3, 0.4) is 0 Å². The minimum atomic E-state index is -0.953. The molecule has 0 saturated carbocycles. The number of carbonyl (C=O) groups is 1. The first-order valence-corrected chi connectivity index (χ1v) is 9.61. The van der Waals surface area contributed by atoms with Crippen LogP contribution in [0.4, 0.5) is 17.3 Å². The zero-order chi connectivity index (χ0) is 20.1. The molecule has 1 aromatic heterocycles. The number of benzene rings is 2. The van der Waals surface area contributed by atoms with Gasteiger partial charge in [0.05, 0.1) is 5.56 Å². The van der Waals surface area contributed by atoms with Crippen LogP contribution in [0.15, 0.2) is 67.0 Å². The summed E-state index contributed by atoms with van der Waals surface area (Å²) < 4.78 is 0. The summed E-state index contributed by atoms with van der Waals surface area (Å²) in [5.74, 6) is 0.561. The van der Waals surface area contributed by atoms with Gasteiger partial charge in [-0.25, -0.2) is 14.8 Å². The number of nitrogens with one attached hydrogen (secondary N) is 1. The molecule has 1 fully saturated rings. The van der Waals surface area contributed by atoms with Gasteiger partial charge < -0.3 is 15.3 Å². The fraction of sp³-hybridized carbons (Fsp3) is 0.227. The Balaban J connectivity index is 1.38. The molecule has 0 bridgehead atoms. The van der Waals surface area contributed by atoms with E-state index in [0.29, 0.717) is 11.5 Å². The van der Waals surface area contributed by atoms with Crippen LogP contribution in [0.2, 0.25) is 0 Å². The van der Waals surface area contributed by atoms with Crippen molar-refractivity contribution in [2.75, 3.05) is 36.4 Å². The van der Waals surface area contributed by atoms with E-state index in [4.69, 9.17) is 5.11 Å². The van der Waals surface area contributed by atoms with Gasteiger partial charge in [-0.1, -0.05) is 36.4 Å². The van der Waals surface area contributed by atoms with E-state index in [9.17, 15) is 4.79 Å². The van der Waals surface area contributed by atoms with Gasteiger partial charge in [-0.2, -0.15) is 0 Å². The fourth-order valence-electron chi connectivity index (χ4n) is 3.44. The molecular formula is C22H23N5O2. The molecule has 29 heavy (non-hydrogen) atoms. The van der Waals surface area contributed by atoms with Crippen molar-refractivity contribution in [2.24, 2.45) is 0 Å². The Morgan fingerprint density at radius 2 is 1.76 bits per heavy atom. The van der Waals surface area contributed by atoms with E-state index in [1.165, 1.54) is 11.9 Å². The second kappa shape index (κ2) is 8.70. The third kappa shape index (κ3) is 4.89. The number of rotatable bonds is 6. The highest BCUT2D eigenvalue weighted by Gasteiger charge is 2.18. The van der Waals surface area contributed by atoms with Gasteiger partial charge in [0.1, 0.15) is 18.0 Å². The Hall–Kier alpha value is -3.45. The lowest BCUT2D eigenvalue weighted by atomic mass is 10.2. The van der Waals surface area contributed by atoms with Crippen molar-refractivity contribution in [3.8, 4) is 0 Å². The highest BCUT2D eigenvalue weighted by molar-refractivity contribution is 5.89. The first-order chi connectivity index (χ1) is 14.2. The van der Waals surface area contributed by atoms with Crippen LogP contribution in [-0.4, -0.2) is 52.1 Å². The number of aromatic nitrogens is 2. The Morgan fingerprint density at radius 1 is 0.966 bits per heavy atom. The smallest absolute Gasteiger partial charge is 0.335 e. The topological polar surface area (TPSA) is 81.6 Å². The molecule has 1 aliphatic heterocycles. The fourth-order valence-corrected chi connectivity index (χ4v) is 3.44. The summed E-state index contributed by atoms with van der Waals surface area (Å²) in [5, 5.41) is 12.3. The first kappa shape index (κ1) is 18.9. The van der Waals surface area contributed by atoms with E-state index < -0.39 is 5.97 Å². The number of nitrogens with zero attached hydrogens (tertiary/aromatic N) is 4. The molecule has 2 heterocycles. The van der Waals surface area contributed by atoms with Crippen molar-refractivity contribution in [3.05, 3.63) is 78.1 Å². The molecule has 3 aromatic rings. The minimum absolute atomic E-state index is 0.235. The molecule has 7 nitrogen and oxygen atoms in total. The third-order valence-electron chi connectivity index (χ3n) is 4.98. The van der Waals surface area contributed by atoms with E-state index in [1.54, 1.807) is 18.2 Å². The molecular weight excluding hydrogens is 366 g/mol. The molecule has 0 amide bonds. The molecule has 0 aliphatic carbocycles. The summed E-state index contributed by atoms with van der Waals surface area (Å²) in [6, 6.07) is 19.1. The summed E-state index contributed by atoms with van der Waals surface area (Å²) in [7, 11) is 0. The molecule has 0 atom stereocenters. The lowest BCUT2D eigenvalue weighted by molar-refractivity contribution is 0.0697. The van der Waals surface area contributed by atoms with Gasteiger partial charge in [0, 0.05) is 44.5 Å². The third-order valence-corrected chi connectivity index (χ3v) is 4.98. The molecule has 1 aliphatic rings. The number of carboxylic acids is 1. The van der Waals surface area contributed by atoms with Gasteiger partial charge in [-0.3, -0.25) is 4.90 Å². The van der Waals surface area contributed by atoms with Crippen LogP contribution < -0.4 is 10.2 Å². The van der Waals surface area contributed by atoms with Gasteiger partial charge in [-0.05, 0) is 23.8 Å². The highest BCUT2D eigenvalue weighted by Crippen LogP contribution is 2.21. The summed E-state index contributed by atoms with van der Waals surface area (Å²) >= 11 is 0. The van der Waals surface area contributed by atoms with E-state index in [1.807, 2.05) is 18.2 Å². The molecule has 148 valence electrons. The van der Waals surface area contributed by atoms with Crippen molar-refractivity contribution in [2.45, 2.75) is 6.54 Å². The number of piperazine rings is 1. The SMILES string of the molecule is O=C(O)c1cccc(Nc2cc(N3CCN(Cc4ccccc4)CC3)ncn2)c1. The largest absolute Gasteiger partial charge is 0.478 e. The van der Waals surface area contributed by atoms with Crippen LogP contribution in [0, 0.1) is 0 Å². The zero-order valence-electron chi connectivity index (χ0n) is 16.0. The van der Waals surface area contributed by atoms with Crippen LogP contribution in [0.25, 0.3) is 0 Å². The van der Waals surface area contributed by atoms with E-state index in [-0.39, 0.29) is 5.56 Å². The number of aromatic carboxylic acids is 1. The Labute approximate surface area is 169 Å². The molecule has 2 N–H and O–H groups in total. The highest BCUT2D eigenvalue weighted by atomic mass is 16.4. The summed E-state index contributed by atoms with van der Waals surface area (Å²) in [5.41, 5.74) is 2.25. The van der Waals surface area contributed by atoms with E-state index >= 15 is 0 Å². The summed E-state index contributed by atoms with van der Waals surface area (Å²) in [6.45, 7) is 4.71. The van der Waals surface area contributed by atoms with Crippen LogP contribution >= 0.6 is 0 Å². The van der Waals surface area contributed by atoms with Gasteiger partial charge in [0.25, 0.3) is 0 Å². The zero-order valence-corrected chi connectivity index (χ0v) is 16.0. The maximum absolute atomic E-state index is 11.1. The van der Waals surface area contributed by atoms with Crippen molar-refractivity contribution in [1.82, 2.24) is 14.9 Å². The van der Waals surface area contributed by atoms with E-state index in [2.05, 4.69) is 49.4 Å². The maximum atomic E-state index is 11.1. The van der Waals surface area contributed by atoms with Gasteiger partial charge in [-0.15, -0.1) is 0 Å². The number of hydrogen-bond donors (Lipinski definition) is 2. The van der Waals surface area contributed by atoms with Gasteiger partial charge in [0.2, 0.25) is 0 Å². The quantitative estimate of drug-likeness (QED) is 0.670. The molecule has 0 spiro atoms. The Kier molecular flexibility index (Phi) is 5.67. The first-order valence-electron chi connectivity index (χ1n) is 9.61. The lowest BCUT2D eigenvalue weighted by Gasteiger charge is -2.35. The van der Waals surface area contributed by atoms with Crippen LogP contribution in [0.5, 0.6) is 0 Å². The average Bonchev–Trinajstić information content (AvgIpc) is 2.75. The van der Waals surface area contributed by atoms with Crippen LogP contribution in [-0.2, 0) is 6.54 Å². The second-order valence-corrected chi connectivity index (χ2v) is 7.02. The molecule has 0 unspecified atom stereocenters. The summed E-state index contributed by atoms with van der Waals surface area (Å²) in [4.78, 5) is 24.5. The predicted molar refractivity (Wildman–Crippen MR) is 113 cm³/mol.